The molecule has 2 aliphatic rings. The van der Waals surface area contributed by atoms with Gasteiger partial charge in [-0.25, -0.2) is 9.37 Å². The number of carbonyl (C=O) groups excluding carboxylic acids is 1. The number of benzene rings is 1. The first-order chi connectivity index (χ1) is 22.2. The fourth-order valence-electron chi connectivity index (χ4n) is 6.39. The van der Waals surface area contributed by atoms with Gasteiger partial charge >= 0.3 is 0 Å². The monoisotopic (exact) mass is 718 g/mol. The number of carbonyl (C=O) groups is 1. The summed E-state index contributed by atoms with van der Waals surface area (Å²) in [5.41, 5.74) is 1.81. The van der Waals surface area contributed by atoms with E-state index in [0.29, 0.717) is 35.7 Å². The highest BCUT2D eigenvalue weighted by Gasteiger charge is 2.42. The van der Waals surface area contributed by atoms with Crippen LogP contribution in [0, 0.1) is 24.1 Å². The Labute approximate surface area is 292 Å². The number of aromatic hydroxyl groups is 1. The van der Waals surface area contributed by atoms with E-state index in [0.717, 1.165) is 5.56 Å². The minimum absolute atomic E-state index is 0.00980. The predicted molar refractivity (Wildman–Crippen MR) is 183 cm³/mol. The smallest absolute Gasteiger partial charge is 0.246 e. The Balaban J connectivity index is 1.84. The van der Waals surface area contributed by atoms with Gasteiger partial charge in [0.05, 0.1) is 43.4 Å². The molecule has 9 nitrogen and oxygen atoms in total. The molecule has 0 spiro atoms. The Kier molecular flexibility index (Phi) is 9.71. The van der Waals surface area contributed by atoms with Crippen molar-refractivity contribution < 1.29 is 19.4 Å². The molecule has 3 aromatic rings. The third kappa shape index (κ3) is 5.68. The van der Waals surface area contributed by atoms with E-state index >= 15 is 4.39 Å². The van der Waals surface area contributed by atoms with E-state index in [4.69, 9.17) is 51.4 Å². The molecule has 14 heteroatoms. The summed E-state index contributed by atoms with van der Waals surface area (Å²) in [4.78, 5) is 27.1. The van der Waals surface area contributed by atoms with Gasteiger partial charge in [0.1, 0.15) is 28.2 Å². The maximum absolute atomic E-state index is 15.7. The lowest BCUT2D eigenvalue weighted by Gasteiger charge is -2.48. The third-order valence-corrected chi connectivity index (χ3v) is 9.99. The average molecular weight is 720 g/mol. The number of amides is 1. The molecule has 5 rings (SSSR count). The average Bonchev–Trinajstić information content (AvgIpc) is 3.02. The molecule has 246 valence electrons. The molecule has 0 aliphatic carbocycles. The van der Waals surface area contributed by atoms with Crippen molar-refractivity contribution in [1.82, 2.24) is 19.8 Å². The molecule has 1 amide bonds. The topological polar surface area (TPSA) is 117 Å². The maximum Gasteiger partial charge on any atom is 0.246 e. The second-order valence-corrected chi connectivity index (χ2v) is 13.4. The minimum Gasteiger partial charge on any atom is -0.506 e. The molecule has 2 aromatic heterocycles. The van der Waals surface area contributed by atoms with Crippen LogP contribution in [-0.4, -0.2) is 67.3 Å². The molecule has 0 radical (unpaired) electrons. The maximum atomic E-state index is 15.7. The van der Waals surface area contributed by atoms with Crippen LogP contribution in [0.5, 0.6) is 5.75 Å². The second-order valence-electron chi connectivity index (χ2n) is 11.9. The van der Waals surface area contributed by atoms with E-state index in [1.54, 1.807) is 17.2 Å². The Bertz CT molecular complexity index is 1850. The van der Waals surface area contributed by atoms with Crippen molar-refractivity contribution >= 4 is 69.5 Å². The number of piperazine rings is 1. The van der Waals surface area contributed by atoms with Gasteiger partial charge < -0.3 is 20.0 Å². The number of aliphatic hydroxyl groups is 1. The number of nitriles is 1. The summed E-state index contributed by atoms with van der Waals surface area (Å²) < 4.78 is 15.7. The largest absolute Gasteiger partial charge is 0.506 e. The van der Waals surface area contributed by atoms with Crippen LogP contribution in [0.4, 0.5) is 15.9 Å². The van der Waals surface area contributed by atoms with Crippen molar-refractivity contribution in [1.29, 1.82) is 5.26 Å². The number of hydrogen-bond acceptors (Lipinski definition) is 8. The van der Waals surface area contributed by atoms with Crippen LogP contribution in [0.1, 0.15) is 50.4 Å². The van der Waals surface area contributed by atoms with E-state index in [1.165, 1.54) is 17.0 Å². The molecule has 47 heavy (non-hydrogen) atoms. The van der Waals surface area contributed by atoms with E-state index in [2.05, 4.69) is 17.6 Å². The molecule has 2 N–H and O–H groups in total. The van der Waals surface area contributed by atoms with Crippen molar-refractivity contribution in [3.8, 4) is 23.1 Å². The second kappa shape index (κ2) is 13.1. The van der Waals surface area contributed by atoms with Crippen LogP contribution in [0.15, 0.2) is 36.6 Å². The number of rotatable bonds is 5. The summed E-state index contributed by atoms with van der Waals surface area (Å²) in [7, 11) is 0. The van der Waals surface area contributed by atoms with Crippen molar-refractivity contribution in [2.75, 3.05) is 18.0 Å². The van der Waals surface area contributed by atoms with Gasteiger partial charge in [-0.15, -0.1) is 0 Å². The van der Waals surface area contributed by atoms with Crippen LogP contribution < -0.4 is 4.90 Å². The molecule has 1 fully saturated rings. The van der Waals surface area contributed by atoms with Gasteiger partial charge in [0.25, 0.3) is 0 Å². The molecule has 2 aliphatic heterocycles. The summed E-state index contributed by atoms with van der Waals surface area (Å²) in [6.07, 6.45) is 1.34. The normalized spacial score (nSPS) is 19.6. The van der Waals surface area contributed by atoms with Gasteiger partial charge in [-0.1, -0.05) is 66.8 Å². The third-order valence-electron chi connectivity index (χ3n) is 8.40. The standard InChI is InChI=1S/C33H31Cl4FN6O3/c1-7-21(45)43-16(5)12-42(13-17(43)6)30-18-10-20(34)28(22-26(38)24(36)23(35)25(37)31(22)46)41-32(18)44(33(47)19(30)11-39)29-15(4)8-9-40-27(29)14(2)3/h7-10,14,16-17,33,46-47H,1,12-13H2,2-6H3/t16-,17+,33?. The van der Waals surface area contributed by atoms with E-state index < -0.39 is 33.4 Å². The fourth-order valence-corrected chi connectivity index (χ4v) is 7.24. The van der Waals surface area contributed by atoms with E-state index in [9.17, 15) is 20.3 Å². The Morgan fingerprint density at radius 3 is 2.38 bits per heavy atom. The van der Waals surface area contributed by atoms with Gasteiger partial charge in [0.15, 0.2) is 12.0 Å². The number of fused-ring (bicyclic) bond motifs is 1. The summed E-state index contributed by atoms with van der Waals surface area (Å²) in [6, 6.07) is 4.87. The first-order valence-electron chi connectivity index (χ1n) is 14.7. The van der Waals surface area contributed by atoms with E-state index in [1.807, 2.05) is 39.5 Å². The molecule has 1 aromatic carbocycles. The van der Waals surface area contributed by atoms with Crippen molar-refractivity contribution in [2.24, 2.45) is 0 Å². The Morgan fingerprint density at radius 2 is 1.81 bits per heavy atom. The molecule has 4 heterocycles. The van der Waals surface area contributed by atoms with Crippen LogP contribution in [0.3, 0.4) is 0 Å². The number of hydrogen-bond donors (Lipinski definition) is 2. The van der Waals surface area contributed by atoms with Gasteiger partial charge in [-0.3, -0.25) is 14.7 Å². The van der Waals surface area contributed by atoms with Crippen molar-refractivity contribution in [3.63, 3.8) is 0 Å². The quantitative estimate of drug-likeness (QED) is 0.156. The SMILES string of the molecule is C=CC(=O)N1[C@H](C)CN(C2=C(C#N)C(O)N(c3c(C)ccnc3C(C)C)c3nc(-c4c(O)c(Cl)c(Cl)c(Cl)c4F)c(Cl)cc32)C[C@@H]1C. The first kappa shape index (κ1) is 34.7. The molecule has 1 saturated heterocycles. The van der Waals surface area contributed by atoms with Gasteiger partial charge in [-0.2, -0.15) is 5.26 Å². The summed E-state index contributed by atoms with van der Waals surface area (Å²) in [6.45, 7) is 13.7. The molecule has 3 atom stereocenters. The number of nitrogens with zero attached hydrogens (tertiary/aromatic N) is 6. The van der Waals surface area contributed by atoms with E-state index in [-0.39, 0.29) is 51.0 Å². The lowest BCUT2D eigenvalue weighted by Crippen LogP contribution is -2.58. The lowest BCUT2D eigenvalue weighted by atomic mass is 9.94. The van der Waals surface area contributed by atoms with Gasteiger partial charge in [0, 0.05) is 36.9 Å². The fraction of sp³-hybridized carbons (Fsp3) is 0.333. The molecule has 0 saturated carbocycles. The zero-order valence-corrected chi connectivity index (χ0v) is 29.1. The molecular weight excluding hydrogens is 689 g/mol. The van der Waals surface area contributed by atoms with Crippen molar-refractivity contribution in [3.05, 3.63) is 79.3 Å². The van der Waals surface area contributed by atoms with Crippen molar-refractivity contribution in [2.45, 2.75) is 58.8 Å². The number of phenolic OH excluding ortho intramolecular Hbond substituents is 1. The minimum atomic E-state index is -1.57. The van der Waals surface area contributed by atoms with Gasteiger partial charge in [-0.05, 0) is 50.5 Å². The van der Waals surface area contributed by atoms with Crippen LogP contribution >= 0.6 is 46.4 Å². The number of aliphatic hydroxyl groups excluding tert-OH is 1. The zero-order valence-electron chi connectivity index (χ0n) is 26.1. The Hall–Kier alpha value is -3.59. The Morgan fingerprint density at radius 1 is 1.17 bits per heavy atom. The highest BCUT2D eigenvalue weighted by molar-refractivity contribution is 6.49. The number of anilines is 2. The number of phenols is 1. The summed E-state index contributed by atoms with van der Waals surface area (Å²) >= 11 is 25.2. The summed E-state index contributed by atoms with van der Waals surface area (Å²) in [5, 5.41) is 32.2. The number of halogens is 5. The van der Waals surface area contributed by atoms with Crippen LogP contribution in [0.2, 0.25) is 20.1 Å². The number of aromatic nitrogens is 2. The molecular formula is C33H31Cl4FN6O3. The van der Waals surface area contributed by atoms with Crippen LogP contribution in [0.25, 0.3) is 17.0 Å². The molecule has 1 unspecified atom stereocenters. The predicted octanol–water partition coefficient (Wildman–Crippen LogP) is 7.85. The first-order valence-corrected chi connectivity index (χ1v) is 16.2. The highest BCUT2D eigenvalue weighted by Crippen LogP contribution is 2.51. The lowest BCUT2D eigenvalue weighted by molar-refractivity contribution is -0.132. The van der Waals surface area contributed by atoms with Crippen LogP contribution in [-0.2, 0) is 4.79 Å². The highest BCUT2D eigenvalue weighted by atomic mass is 35.5. The summed E-state index contributed by atoms with van der Waals surface area (Å²) in [5.74, 6) is -2.06. The van der Waals surface area contributed by atoms with Gasteiger partial charge in [0.2, 0.25) is 5.91 Å². The molecule has 0 bridgehead atoms. The zero-order chi connectivity index (χ0) is 34.6. The number of pyridine rings is 2. The number of aryl methyl sites for hydroxylation is 1.